The van der Waals surface area contributed by atoms with Gasteiger partial charge in [-0.3, -0.25) is 0 Å². The second-order valence-corrected chi connectivity index (χ2v) is 6.33. The lowest BCUT2D eigenvalue weighted by Gasteiger charge is -2.29. The zero-order valence-corrected chi connectivity index (χ0v) is 11.7. The summed E-state index contributed by atoms with van der Waals surface area (Å²) in [6.45, 7) is 0. The first-order valence-corrected chi connectivity index (χ1v) is 7.96. The first-order chi connectivity index (χ1) is 8.86. The van der Waals surface area contributed by atoms with Gasteiger partial charge < -0.3 is 10.1 Å². The van der Waals surface area contributed by atoms with Crippen LogP contribution in [-0.4, -0.2) is 25.0 Å². The molecule has 1 saturated carbocycles. The van der Waals surface area contributed by atoms with Gasteiger partial charge in [-0.15, -0.1) is 0 Å². The molecule has 0 spiro atoms. The topological polar surface area (TPSA) is 21.3 Å². The normalized spacial score (nSPS) is 31.3. The molecular formula is C15H21NOS. The molecule has 1 N–H and O–H groups in total. The van der Waals surface area contributed by atoms with Crippen molar-refractivity contribution in [2.24, 2.45) is 0 Å². The van der Waals surface area contributed by atoms with Gasteiger partial charge in [0.1, 0.15) is 0 Å². The average Bonchev–Trinajstić information content (AvgIpc) is 2.87. The van der Waals surface area contributed by atoms with E-state index in [2.05, 4.69) is 29.6 Å². The van der Waals surface area contributed by atoms with E-state index in [-0.39, 0.29) is 0 Å². The van der Waals surface area contributed by atoms with Gasteiger partial charge in [-0.25, -0.2) is 0 Å². The van der Waals surface area contributed by atoms with Crippen molar-refractivity contribution in [3.63, 3.8) is 0 Å². The molecule has 3 atom stereocenters. The van der Waals surface area contributed by atoms with Crippen molar-refractivity contribution in [1.29, 1.82) is 0 Å². The molecular weight excluding hydrogens is 242 g/mol. The minimum Gasteiger partial charge on any atom is -0.381 e. The minimum atomic E-state index is 0.467. The predicted octanol–water partition coefficient (Wildman–Crippen LogP) is 3.13. The summed E-state index contributed by atoms with van der Waals surface area (Å²) in [4.78, 5) is 0. The maximum absolute atomic E-state index is 5.45. The Morgan fingerprint density at radius 2 is 2.17 bits per heavy atom. The van der Waals surface area contributed by atoms with Gasteiger partial charge in [-0.2, -0.15) is 11.8 Å². The quantitative estimate of drug-likeness (QED) is 0.905. The van der Waals surface area contributed by atoms with Crippen LogP contribution in [0.3, 0.4) is 0 Å². The molecule has 1 aliphatic carbocycles. The number of ether oxygens (including phenoxy) is 1. The number of benzene rings is 1. The number of methoxy groups -OCH3 is 1. The fourth-order valence-electron chi connectivity index (χ4n) is 3.11. The molecule has 0 amide bonds. The lowest BCUT2D eigenvalue weighted by molar-refractivity contribution is 0.106. The molecule has 0 aromatic heterocycles. The van der Waals surface area contributed by atoms with Crippen LogP contribution in [0.2, 0.25) is 0 Å². The Balaban J connectivity index is 1.67. The van der Waals surface area contributed by atoms with Gasteiger partial charge in [0.05, 0.1) is 6.10 Å². The molecule has 1 heterocycles. The van der Waals surface area contributed by atoms with E-state index in [1.165, 1.54) is 41.9 Å². The lowest BCUT2D eigenvalue weighted by atomic mass is 10.0. The summed E-state index contributed by atoms with van der Waals surface area (Å²) in [6.07, 6.45) is 4.09. The first kappa shape index (κ1) is 12.5. The smallest absolute Gasteiger partial charge is 0.0586 e. The highest BCUT2D eigenvalue weighted by Crippen LogP contribution is 2.33. The van der Waals surface area contributed by atoms with Crippen LogP contribution in [-0.2, 0) is 10.5 Å². The Morgan fingerprint density at radius 3 is 3.00 bits per heavy atom. The maximum Gasteiger partial charge on any atom is 0.0586 e. The van der Waals surface area contributed by atoms with Crippen LogP contribution < -0.4 is 5.32 Å². The highest BCUT2D eigenvalue weighted by molar-refractivity contribution is 7.98. The van der Waals surface area contributed by atoms with E-state index in [1.54, 1.807) is 0 Å². The van der Waals surface area contributed by atoms with E-state index in [1.807, 2.05) is 18.9 Å². The number of fused-ring (bicyclic) bond motifs is 1. The Hall–Kier alpha value is -0.510. The lowest BCUT2D eigenvalue weighted by Crippen LogP contribution is -2.34. The molecule has 98 valence electrons. The Bertz CT molecular complexity index is 409. The zero-order valence-electron chi connectivity index (χ0n) is 10.9. The fraction of sp³-hybridized carbons (Fsp3) is 0.600. The van der Waals surface area contributed by atoms with Crippen molar-refractivity contribution in [1.82, 2.24) is 5.32 Å². The second-order valence-electron chi connectivity index (χ2n) is 5.30. The standard InChI is InChI=1S/C15H21NOS/c1-17-13-7-6-12(8-13)16-15-10-18-9-11-4-2-3-5-14(11)15/h2-5,12-13,15-16H,6-10H2,1H3. The number of hydrogen-bond acceptors (Lipinski definition) is 3. The second kappa shape index (κ2) is 5.64. The van der Waals surface area contributed by atoms with Crippen molar-refractivity contribution in [2.75, 3.05) is 12.9 Å². The van der Waals surface area contributed by atoms with Crippen LogP contribution in [0.5, 0.6) is 0 Å². The summed E-state index contributed by atoms with van der Waals surface area (Å²) in [5.41, 5.74) is 3.02. The summed E-state index contributed by atoms with van der Waals surface area (Å²) < 4.78 is 5.45. The average molecular weight is 263 g/mol. The summed E-state index contributed by atoms with van der Waals surface area (Å²) in [5.74, 6) is 2.37. The Kier molecular flexibility index (Phi) is 3.92. The molecule has 0 radical (unpaired) electrons. The van der Waals surface area contributed by atoms with Gasteiger partial charge in [0.25, 0.3) is 0 Å². The van der Waals surface area contributed by atoms with Crippen LogP contribution in [0, 0.1) is 0 Å². The molecule has 1 aliphatic heterocycles. The number of nitrogens with one attached hydrogen (secondary N) is 1. The van der Waals surface area contributed by atoms with Crippen LogP contribution in [0.25, 0.3) is 0 Å². The molecule has 3 unspecified atom stereocenters. The minimum absolute atomic E-state index is 0.467. The molecule has 1 aromatic carbocycles. The van der Waals surface area contributed by atoms with Gasteiger partial charge in [-0.1, -0.05) is 24.3 Å². The summed E-state index contributed by atoms with van der Waals surface area (Å²) in [7, 11) is 1.83. The Morgan fingerprint density at radius 1 is 1.28 bits per heavy atom. The summed E-state index contributed by atoms with van der Waals surface area (Å²) in [6, 6.07) is 10.0. The molecule has 0 bridgehead atoms. The molecule has 0 saturated heterocycles. The van der Waals surface area contributed by atoms with E-state index in [0.717, 1.165) is 0 Å². The summed E-state index contributed by atoms with van der Waals surface area (Å²) >= 11 is 2.04. The largest absolute Gasteiger partial charge is 0.381 e. The van der Waals surface area contributed by atoms with Gasteiger partial charge >= 0.3 is 0 Å². The van der Waals surface area contributed by atoms with Crippen LogP contribution >= 0.6 is 11.8 Å². The third-order valence-corrected chi connectivity index (χ3v) is 5.21. The molecule has 1 aromatic rings. The maximum atomic E-state index is 5.45. The van der Waals surface area contributed by atoms with E-state index in [9.17, 15) is 0 Å². The predicted molar refractivity (Wildman–Crippen MR) is 76.9 cm³/mol. The van der Waals surface area contributed by atoms with E-state index >= 15 is 0 Å². The van der Waals surface area contributed by atoms with E-state index in [0.29, 0.717) is 18.2 Å². The highest BCUT2D eigenvalue weighted by Gasteiger charge is 2.28. The van der Waals surface area contributed by atoms with E-state index < -0.39 is 0 Å². The molecule has 3 rings (SSSR count). The third-order valence-electron chi connectivity index (χ3n) is 4.13. The van der Waals surface area contributed by atoms with Crippen LogP contribution in [0.15, 0.2) is 24.3 Å². The molecule has 1 fully saturated rings. The third kappa shape index (κ3) is 2.58. The SMILES string of the molecule is COC1CCC(NC2CSCc3ccccc32)C1. The molecule has 18 heavy (non-hydrogen) atoms. The van der Waals surface area contributed by atoms with Crippen LogP contribution in [0.4, 0.5) is 0 Å². The molecule has 3 heteroatoms. The van der Waals surface area contributed by atoms with Crippen LogP contribution in [0.1, 0.15) is 36.4 Å². The highest BCUT2D eigenvalue weighted by atomic mass is 32.2. The number of rotatable bonds is 3. The fourth-order valence-corrected chi connectivity index (χ4v) is 4.22. The number of hydrogen-bond donors (Lipinski definition) is 1. The van der Waals surface area contributed by atoms with Gasteiger partial charge in [0, 0.05) is 30.7 Å². The van der Waals surface area contributed by atoms with Gasteiger partial charge in [0.15, 0.2) is 0 Å². The van der Waals surface area contributed by atoms with Gasteiger partial charge in [0.2, 0.25) is 0 Å². The van der Waals surface area contributed by atoms with Crippen molar-refractivity contribution < 1.29 is 4.74 Å². The zero-order chi connectivity index (χ0) is 12.4. The Labute approximate surface area is 113 Å². The van der Waals surface area contributed by atoms with Crippen molar-refractivity contribution in [3.8, 4) is 0 Å². The van der Waals surface area contributed by atoms with Crippen molar-refractivity contribution >= 4 is 11.8 Å². The molecule has 2 aliphatic rings. The monoisotopic (exact) mass is 263 g/mol. The summed E-state index contributed by atoms with van der Waals surface area (Å²) in [5, 5.41) is 3.84. The molecule has 2 nitrogen and oxygen atoms in total. The number of thioether (sulfide) groups is 1. The van der Waals surface area contributed by atoms with Crippen molar-refractivity contribution in [3.05, 3.63) is 35.4 Å². The van der Waals surface area contributed by atoms with E-state index in [4.69, 9.17) is 4.74 Å². The van der Waals surface area contributed by atoms with Gasteiger partial charge in [-0.05, 0) is 30.4 Å². The first-order valence-electron chi connectivity index (χ1n) is 6.81. The van der Waals surface area contributed by atoms with Crippen molar-refractivity contribution in [2.45, 2.75) is 43.2 Å².